The molecule has 0 aromatic carbocycles. The van der Waals surface area contributed by atoms with E-state index in [1.807, 2.05) is 11.8 Å². The van der Waals surface area contributed by atoms with E-state index in [1.54, 1.807) is 7.11 Å². The van der Waals surface area contributed by atoms with Gasteiger partial charge in [0.1, 0.15) is 0 Å². The Bertz CT molecular complexity index is 278. The van der Waals surface area contributed by atoms with Gasteiger partial charge in [0.2, 0.25) is 0 Å². The van der Waals surface area contributed by atoms with Gasteiger partial charge in [-0.2, -0.15) is 11.8 Å². The van der Waals surface area contributed by atoms with Crippen molar-refractivity contribution in [2.24, 2.45) is 4.99 Å². The zero-order chi connectivity index (χ0) is 15.4. The van der Waals surface area contributed by atoms with Gasteiger partial charge in [-0.05, 0) is 34.1 Å². The average molecular weight is 432 g/mol. The summed E-state index contributed by atoms with van der Waals surface area (Å²) in [5.41, 5.74) is 0. The molecule has 0 bridgehead atoms. The molecule has 2 N–H and O–H groups in total. The van der Waals surface area contributed by atoms with Crippen LogP contribution in [0.1, 0.15) is 20.8 Å². The third-order valence-electron chi connectivity index (χ3n) is 2.98. The van der Waals surface area contributed by atoms with E-state index in [0.29, 0.717) is 0 Å². The van der Waals surface area contributed by atoms with E-state index >= 15 is 0 Å². The molecule has 0 spiro atoms. The molecule has 0 aromatic rings. The van der Waals surface area contributed by atoms with Crippen LogP contribution in [0.15, 0.2) is 4.99 Å². The number of hydrogen-bond acceptors (Lipinski definition) is 4. The second-order valence-electron chi connectivity index (χ2n) is 5.38. The first-order valence-electron chi connectivity index (χ1n) is 7.20. The van der Waals surface area contributed by atoms with E-state index in [2.05, 4.69) is 54.6 Å². The van der Waals surface area contributed by atoms with Crippen LogP contribution in [0.5, 0.6) is 0 Å². The summed E-state index contributed by atoms with van der Waals surface area (Å²) < 4.78 is 5.24. The third-order valence-corrected chi connectivity index (χ3v) is 4.21. The second-order valence-corrected chi connectivity index (χ2v) is 6.90. The molecule has 0 aliphatic carbocycles. The fourth-order valence-electron chi connectivity index (χ4n) is 1.40. The van der Waals surface area contributed by atoms with Crippen molar-refractivity contribution >= 4 is 41.7 Å². The lowest BCUT2D eigenvalue weighted by molar-refractivity contribution is 0.162. The number of nitrogens with one attached hydrogen (secondary N) is 2. The Kier molecular flexibility index (Phi) is 15.6. The molecule has 0 rings (SSSR count). The largest absolute Gasteiger partial charge is 0.383 e. The Morgan fingerprint density at radius 1 is 1.29 bits per heavy atom. The van der Waals surface area contributed by atoms with Crippen molar-refractivity contribution in [1.82, 2.24) is 15.5 Å². The van der Waals surface area contributed by atoms with Crippen LogP contribution in [-0.4, -0.2) is 75.4 Å². The lowest BCUT2D eigenvalue weighted by atomic mass is 10.2. The SMILES string of the molecule is CCNC(=NCC(C)(C)SC)NCCN(C)CCOC.I. The zero-order valence-corrected chi connectivity index (χ0v) is 17.5. The molecule has 7 heteroatoms. The first-order valence-corrected chi connectivity index (χ1v) is 8.42. The Balaban J connectivity index is 0. The second kappa shape index (κ2) is 13.9. The Hall–Kier alpha value is 0.270. The van der Waals surface area contributed by atoms with E-state index in [1.165, 1.54) is 0 Å². The monoisotopic (exact) mass is 432 g/mol. The summed E-state index contributed by atoms with van der Waals surface area (Å²) in [5.74, 6) is 0.898. The highest BCUT2D eigenvalue weighted by molar-refractivity contribution is 14.0. The van der Waals surface area contributed by atoms with Crippen LogP contribution in [0.4, 0.5) is 0 Å². The Morgan fingerprint density at radius 3 is 2.48 bits per heavy atom. The lowest BCUT2D eigenvalue weighted by Gasteiger charge is -2.21. The lowest BCUT2D eigenvalue weighted by Crippen LogP contribution is -2.42. The summed E-state index contributed by atoms with van der Waals surface area (Å²) in [4.78, 5) is 6.89. The predicted molar refractivity (Wildman–Crippen MR) is 106 cm³/mol. The van der Waals surface area contributed by atoms with Gasteiger partial charge in [-0.25, -0.2) is 0 Å². The molecule has 0 saturated heterocycles. The van der Waals surface area contributed by atoms with E-state index in [0.717, 1.165) is 45.3 Å². The van der Waals surface area contributed by atoms with Gasteiger partial charge in [0, 0.05) is 38.0 Å². The quantitative estimate of drug-likeness (QED) is 0.314. The fourth-order valence-corrected chi connectivity index (χ4v) is 1.59. The first-order chi connectivity index (χ1) is 9.45. The number of nitrogens with zero attached hydrogens (tertiary/aromatic N) is 2. The van der Waals surface area contributed by atoms with Crippen LogP contribution in [0.3, 0.4) is 0 Å². The molecule has 0 saturated carbocycles. The van der Waals surface area contributed by atoms with Gasteiger partial charge in [0.15, 0.2) is 5.96 Å². The van der Waals surface area contributed by atoms with Crippen molar-refractivity contribution in [3.8, 4) is 0 Å². The number of ether oxygens (including phenoxy) is 1. The minimum absolute atomic E-state index is 0. The average Bonchev–Trinajstić information content (AvgIpc) is 2.42. The minimum atomic E-state index is 0. The summed E-state index contributed by atoms with van der Waals surface area (Å²) in [6, 6.07) is 0. The van der Waals surface area contributed by atoms with Crippen molar-refractivity contribution in [2.45, 2.75) is 25.5 Å². The normalized spacial score (nSPS) is 12.2. The van der Waals surface area contributed by atoms with Crippen molar-refractivity contribution < 1.29 is 4.74 Å². The van der Waals surface area contributed by atoms with Crippen molar-refractivity contribution in [3.63, 3.8) is 0 Å². The molecular formula is C14H33IN4OS. The summed E-state index contributed by atoms with van der Waals surface area (Å²) >= 11 is 1.84. The molecule has 0 amide bonds. The van der Waals surface area contributed by atoms with Gasteiger partial charge in [0.05, 0.1) is 13.2 Å². The van der Waals surface area contributed by atoms with Crippen LogP contribution in [0, 0.1) is 0 Å². The first kappa shape index (κ1) is 23.5. The molecule has 0 fully saturated rings. The molecular weight excluding hydrogens is 399 g/mol. The van der Waals surface area contributed by atoms with E-state index in [9.17, 15) is 0 Å². The van der Waals surface area contributed by atoms with Gasteiger partial charge >= 0.3 is 0 Å². The number of hydrogen-bond donors (Lipinski definition) is 2. The van der Waals surface area contributed by atoms with Gasteiger partial charge in [0.25, 0.3) is 0 Å². The third kappa shape index (κ3) is 13.6. The highest BCUT2D eigenvalue weighted by Gasteiger charge is 2.15. The molecule has 0 aliphatic heterocycles. The maximum Gasteiger partial charge on any atom is 0.191 e. The molecule has 0 unspecified atom stereocenters. The molecule has 0 heterocycles. The molecule has 0 aliphatic rings. The van der Waals surface area contributed by atoms with Crippen LogP contribution in [-0.2, 0) is 4.74 Å². The predicted octanol–water partition coefficient (Wildman–Crippen LogP) is 1.88. The molecule has 0 aromatic heterocycles. The minimum Gasteiger partial charge on any atom is -0.383 e. The van der Waals surface area contributed by atoms with Gasteiger partial charge in [-0.3, -0.25) is 4.99 Å². The highest BCUT2D eigenvalue weighted by atomic mass is 127. The number of halogens is 1. The van der Waals surface area contributed by atoms with Crippen LogP contribution < -0.4 is 10.6 Å². The van der Waals surface area contributed by atoms with Crippen LogP contribution in [0.2, 0.25) is 0 Å². The molecule has 5 nitrogen and oxygen atoms in total. The van der Waals surface area contributed by atoms with Crippen molar-refractivity contribution in [1.29, 1.82) is 0 Å². The van der Waals surface area contributed by atoms with E-state index < -0.39 is 0 Å². The number of likely N-dealkylation sites (N-methyl/N-ethyl adjacent to an activating group) is 1. The molecule has 0 radical (unpaired) electrons. The van der Waals surface area contributed by atoms with E-state index in [-0.39, 0.29) is 28.7 Å². The number of thioether (sulfide) groups is 1. The standard InChI is InChI=1S/C14H32N4OS.HI/c1-7-15-13(17-12-14(2,3)20-6)16-8-9-18(4)10-11-19-5;/h7-12H2,1-6H3,(H2,15,16,17);1H. The number of methoxy groups -OCH3 is 1. The van der Waals surface area contributed by atoms with Gasteiger partial charge in [-0.15, -0.1) is 24.0 Å². The number of aliphatic imine (C=N–C) groups is 1. The summed E-state index contributed by atoms with van der Waals surface area (Å²) in [7, 11) is 3.83. The molecule has 21 heavy (non-hydrogen) atoms. The van der Waals surface area contributed by atoms with Crippen LogP contribution >= 0.6 is 35.7 Å². The smallest absolute Gasteiger partial charge is 0.191 e. The molecule has 0 atom stereocenters. The Morgan fingerprint density at radius 2 is 1.95 bits per heavy atom. The number of guanidine groups is 1. The summed E-state index contributed by atoms with van der Waals surface area (Å²) in [6.07, 6.45) is 2.13. The fraction of sp³-hybridized carbons (Fsp3) is 0.929. The van der Waals surface area contributed by atoms with Crippen molar-refractivity contribution in [2.75, 3.05) is 59.7 Å². The topological polar surface area (TPSA) is 48.9 Å². The maximum atomic E-state index is 5.07. The van der Waals surface area contributed by atoms with Crippen LogP contribution in [0.25, 0.3) is 0 Å². The maximum absolute atomic E-state index is 5.07. The van der Waals surface area contributed by atoms with E-state index in [4.69, 9.17) is 4.74 Å². The van der Waals surface area contributed by atoms with Gasteiger partial charge in [-0.1, -0.05) is 0 Å². The number of rotatable bonds is 10. The summed E-state index contributed by atoms with van der Waals surface area (Å²) in [6.45, 7) is 11.8. The van der Waals surface area contributed by atoms with Gasteiger partial charge < -0.3 is 20.3 Å². The highest BCUT2D eigenvalue weighted by Crippen LogP contribution is 2.20. The zero-order valence-electron chi connectivity index (χ0n) is 14.4. The molecule has 128 valence electrons. The summed E-state index contributed by atoms with van der Waals surface area (Å²) in [5, 5.41) is 6.65. The van der Waals surface area contributed by atoms with Crippen molar-refractivity contribution in [3.05, 3.63) is 0 Å². The Labute approximate surface area is 152 Å².